The second-order valence-corrected chi connectivity index (χ2v) is 11.6. The summed E-state index contributed by atoms with van der Waals surface area (Å²) in [6, 6.07) is 15.8. The van der Waals surface area contributed by atoms with Crippen LogP contribution in [0.5, 0.6) is 0 Å². The van der Waals surface area contributed by atoms with E-state index in [9.17, 15) is 29.7 Å². The van der Waals surface area contributed by atoms with Gasteiger partial charge in [-0.1, -0.05) is 49.4 Å². The molecule has 6 atom stereocenters. The van der Waals surface area contributed by atoms with Gasteiger partial charge in [-0.2, -0.15) is 11.8 Å². The first-order valence-electron chi connectivity index (χ1n) is 14.0. The van der Waals surface area contributed by atoms with Crippen molar-refractivity contribution in [2.24, 2.45) is 11.7 Å². The average Bonchev–Trinajstić information content (AvgIpc) is 2.98. The zero-order valence-corrected chi connectivity index (χ0v) is 24.7. The number of carboxylic acids is 1. The topological polar surface area (TPSA) is 180 Å². The summed E-state index contributed by atoms with van der Waals surface area (Å²) >= 11 is 1.62. The number of aliphatic carboxylic acids is 1. The molecule has 2 aromatic carbocycles. The van der Waals surface area contributed by atoms with Crippen molar-refractivity contribution in [1.29, 1.82) is 0 Å². The van der Waals surface area contributed by atoms with Crippen LogP contribution in [0.2, 0.25) is 0 Å². The number of benzene rings is 2. The SMILES string of the molecule is CC(=O)NC1[C@H]([C@H](O)C(O)CNC(=O)c2ccc(-c3ccccc3)cc2)O[C@@](OCCCSCCN)(C(=O)O)C[C@@H]1C. The Kier molecular flexibility index (Phi) is 12.8. The van der Waals surface area contributed by atoms with E-state index >= 15 is 0 Å². The quantitative estimate of drug-likeness (QED) is 0.164. The molecule has 1 aliphatic heterocycles. The number of hydrogen-bond donors (Lipinski definition) is 6. The maximum Gasteiger partial charge on any atom is 0.364 e. The maximum absolute atomic E-state index is 12.8. The summed E-state index contributed by atoms with van der Waals surface area (Å²) in [6.07, 6.45) is -4.06. The van der Waals surface area contributed by atoms with Gasteiger partial charge in [-0.15, -0.1) is 0 Å². The van der Waals surface area contributed by atoms with Gasteiger partial charge in [0, 0.05) is 37.8 Å². The molecule has 12 heteroatoms. The van der Waals surface area contributed by atoms with Crippen molar-refractivity contribution < 1.29 is 39.2 Å². The Labute approximate surface area is 250 Å². The Morgan fingerprint density at radius 1 is 1.10 bits per heavy atom. The fourth-order valence-corrected chi connectivity index (χ4v) is 5.61. The van der Waals surface area contributed by atoms with Crippen LogP contribution < -0.4 is 16.4 Å². The predicted molar refractivity (Wildman–Crippen MR) is 160 cm³/mol. The molecule has 2 aromatic rings. The molecule has 1 aliphatic rings. The van der Waals surface area contributed by atoms with Gasteiger partial charge >= 0.3 is 5.97 Å². The zero-order chi connectivity index (χ0) is 30.7. The van der Waals surface area contributed by atoms with E-state index in [1.165, 1.54) is 6.92 Å². The maximum atomic E-state index is 12.8. The van der Waals surface area contributed by atoms with Crippen LogP contribution in [-0.2, 0) is 19.1 Å². The van der Waals surface area contributed by atoms with Crippen LogP contribution in [0.25, 0.3) is 11.1 Å². The Balaban J connectivity index is 1.67. The van der Waals surface area contributed by atoms with Crippen LogP contribution >= 0.6 is 11.8 Å². The van der Waals surface area contributed by atoms with Crippen LogP contribution in [0.1, 0.15) is 37.0 Å². The molecule has 3 rings (SSSR count). The Morgan fingerprint density at radius 3 is 2.38 bits per heavy atom. The smallest absolute Gasteiger partial charge is 0.364 e. The van der Waals surface area contributed by atoms with Crippen molar-refractivity contribution in [2.75, 3.05) is 31.2 Å². The van der Waals surface area contributed by atoms with Crippen LogP contribution in [-0.4, -0.2) is 94.4 Å². The van der Waals surface area contributed by atoms with Crippen molar-refractivity contribution >= 4 is 29.5 Å². The van der Waals surface area contributed by atoms with E-state index in [2.05, 4.69) is 10.6 Å². The summed E-state index contributed by atoms with van der Waals surface area (Å²) in [7, 11) is 0. The molecular formula is C30H41N3O8S. The Bertz CT molecular complexity index is 1170. The average molecular weight is 604 g/mol. The highest BCUT2D eigenvalue weighted by Crippen LogP contribution is 2.36. The number of nitrogens with one attached hydrogen (secondary N) is 2. The first kappa shape index (κ1) is 33.5. The molecule has 7 N–H and O–H groups in total. The number of carboxylic acid groups (broad SMARTS) is 1. The van der Waals surface area contributed by atoms with Crippen LogP contribution in [0.3, 0.4) is 0 Å². The first-order chi connectivity index (χ1) is 20.1. The van der Waals surface area contributed by atoms with Crippen LogP contribution in [0.4, 0.5) is 0 Å². The number of hydrogen-bond acceptors (Lipinski definition) is 9. The number of amides is 2. The van der Waals surface area contributed by atoms with Gasteiger partial charge in [0.25, 0.3) is 11.7 Å². The number of rotatable bonds is 15. The minimum atomic E-state index is -2.08. The molecule has 0 aromatic heterocycles. The number of nitrogens with two attached hydrogens (primary N) is 1. The molecule has 0 bridgehead atoms. The summed E-state index contributed by atoms with van der Waals surface area (Å²) in [5, 5.41) is 37.4. The summed E-state index contributed by atoms with van der Waals surface area (Å²) in [6.45, 7) is 3.30. The molecule has 42 heavy (non-hydrogen) atoms. The molecule has 0 aliphatic carbocycles. The molecule has 1 heterocycles. The van der Waals surface area contributed by atoms with E-state index in [1.54, 1.807) is 30.8 Å². The van der Waals surface area contributed by atoms with E-state index in [1.807, 2.05) is 42.5 Å². The number of aliphatic hydroxyl groups is 2. The van der Waals surface area contributed by atoms with Crippen molar-refractivity contribution in [2.45, 2.75) is 56.8 Å². The largest absolute Gasteiger partial charge is 0.477 e. The van der Waals surface area contributed by atoms with Gasteiger partial charge in [-0.3, -0.25) is 9.59 Å². The van der Waals surface area contributed by atoms with Gasteiger partial charge in [-0.25, -0.2) is 4.79 Å². The van der Waals surface area contributed by atoms with E-state index in [-0.39, 0.29) is 19.6 Å². The molecule has 1 saturated heterocycles. The fourth-order valence-electron chi connectivity index (χ4n) is 4.92. The summed E-state index contributed by atoms with van der Waals surface area (Å²) in [5.74, 6) is -3.32. The molecule has 1 fully saturated rings. The Morgan fingerprint density at radius 2 is 1.76 bits per heavy atom. The third-order valence-corrected chi connectivity index (χ3v) is 8.17. The molecular weight excluding hydrogens is 562 g/mol. The predicted octanol–water partition coefficient (Wildman–Crippen LogP) is 1.61. The first-order valence-corrected chi connectivity index (χ1v) is 15.1. The Hall–Kier alpha value is -3.00. The highest BCUT2D eigenvalue weighted by Gasteiger charge is 2.54. The number of carbonyl (C=O) groups is 3. The molecule has 2 amide bonds. The van der Waals surface area contributed by atoms with Crippen LogP contribution in [0, 0.1) is 5.92 Å². The third-order valence-electron chi connectivity index (χ3n) is 7.07. The number of aliphatic hydroxyl groups excluding tert-OH is 2. The van der Waals surface area contributed by atoms with Crippen LogP contribution in [0.15, 0.2) is 54.6 Å². The standard InChI is InChI=1S/C30H41N3O8S/c1-19-17-30(29(38)39,40-14-6-15-42-16-13-31)41-27(25(19)33-20(2)34)26(36)24(35)18-32-28(37)23-11-9-22(10-12-23)21-7-4-3-5-8-21/h3-5,7-12,19,24-27,35-36H,6,13-18,31H2,1-2H3,(H,32,37)(H,33,34)(H,38,39)/t19-,24?,25?,26+,27+,30+/m0/s1. The van der Waals surface area contributed by atoms with E-state index in [4.69, 9.17) is 15.2 Å². The zero-order valence-electron chi connectivity index (χ0n) is 23.9. The van der Waals surface area contributed by atoms with Crippen molar-refractivity contribution in [3.63, 3.8) is 0 Å². The molecule has 0 radical (unpaired) electrons. The lowest BCUT2D eigenvalue weighted by Gasteiger charge is -2.47. The molecule has 0 saturated carbocycles. The molecule has 0 spiro atoms. The summed E-state index contributed by atoms with van der Waals surface area (Å²) < 4.78 is 11.6. The molecule has 2 unspecified atom stereocenters. The fraction of sp³-hybridized carbons (Fsp3) is 0.500. The normalized spacial score (nSPS) is 23.5. The molecule has 11 nitrogen and oxygen atoms in total. The highest BCUT2D eigenvalue weighted by molar-refractivity contribution is 7.99. The summed E-state index contributed by atoms with van der Waals surface area (Å²) in [5.41, 5.74) is 7.80. The monoisotopic (exact) mass is 603 g/mol. The van der Waals surface area contributed by atoms with E-state index in [0.29, 0.717) is 18.5 Å². The number of carbonyl (C=O) groups excluding carboxylic acids is 2. The van der Waals surface area contributed by atoms with E-state index in [0.717, 1.165) is 22.6 Å². The lowest BCUT2D eigenvalue weighted by molar-refractivity contribution is -0.304. The van der Waals surface area contributed by atoms with Gasteiger partial charge in [0.05, 0.1) is 18.8 Å². The van der Waals surface area contributed by atoms with Gasteiger partial charge < -0.3 is 41.2 Å². The van der Waals surface area contributed by atoms with E-state index < -0.39 is 53.8 Å². The lowest BCUT2D eigenvalue weighted by Crippen LogP contribution is -2.66. The van der Waals surface area contributed by atoms with Gasteiger partial charge in [0.15, 0.2) is 0 Å². The lowest BCUT2D eigenvalue weighted by atomic mass is 9.83. The van der Waals surface area contributed by atoms with Crippen molar-refractivity contribution in [1.82, 2.24) is 10.6 Å². The van der Waals surface area contributed by atoms with Gasteiger partial charge in [-0.05, 0) is 41.4 Å². The summed E-state index contributed by atoms with van der Waals surface area (Å²) in [4.78, 5) is 37.1. The second kappa shape index (κ2) is 16.0. The third kappa shape index (κ3) is 9.00. The minimum Gasteiger partial charge on any atom is -0.477 e. The van der Waals surface area contributed by atoms with Crippen molar-refractivity contribution in [3.05, 3.63) is 60.2 Å². The highest BCUT2D eigenvalue weighted by atomic mass is 32.2. The van der Waals surface area contributed by atoms with Crippen molar-refractivity contribution in [3.8, 4) is 11.1 Å². The van der Waals surface area contributed by atoms with Gasteiger partial charge in [0.2, 0.25) is 5.91 Å². The number of thioether (sulfide) groups is 1. The molecule has 230 valence electrons. The number of ether oxygens (including phenoxy) is 2. The second-order valence-electron chi connectivity index (χ2n) is 10.4. The van der Waals surface area contributed by atoms with Gasteiger partial charge in [0.1, 0.15) is 12.2 Å². The minimum absolute atomic E-state index is 0.0851.